The predicted octanol–water partition coefficient (Wildman–Crippen LogP) is 6.92. The van der Waals surface area contributed by atoms with Crippen molar-refractivity contribution in [1.82, 2.24) is 19.9 Å². The van der Waals surface area contributed by atoms with Crippen molar-refractivity contribution in [2.75, 3.05) is 32.6 Å². The van der Waals surface area contributed by atoms with E-state index in [1.54, 1.807) is 53.6 Å². The highest BCUT2D eigenvalue weighted by Crippen LogP contribution is 2.43. The van der Waals surface area contributed by atoms with Gasteiger partial charge in [0.25, 0.3) is 5.91 Å². The number of benzene rings is 4. The molecule has 0 radical (unpaired) electrons. The third-order valence-electron chi connectivity index (χ3n) is 8.35. The van der Waals surface area contributed by atoms with Crippen molar-refractivity contribution in [2.24, 2.45) is 0 Å². The first kappa shape index (κ1) is 31.6. The molecule has 248 valence electrons. The van der Waals surface area contributed by atoms with Crippen LogP contribution in [0.3, 0.4) is 0 Å². The molecular formula is C37H31F2N5O5. The SMILES string of the molecule is CNC(=O)c1c(-c2ccc(F)cc2)oc2cc(N(C)CC(O)Cn3ccnc3)c(-c3ccc(OC)c(-c4nc5c(F)cccc5o4)c3)cc12. The van der Waals surface area contributed by atoms with E-state index in [4.69, 9.17) is 13.6 Å². The molecule has 7 aromatic rings. The normalized spacial score (nSPS) is 12.0. The molecule has 2 N–H and O–H groups in total. The summed E-state index contributed by atoms with van der Waals surface area (Å²) in [7, 11) is 4.89. The van der Waals surface area contributed by atoms with Crippen molar-refractivity contribution < 1.29 is 32.3 Å². The van der Waals surface area contributed by atoms with Crippen molar-refractivity contribution in [1.29, 1.82) is 0 Å². The molecule has 7 rings (SSSR count). The van der Waals surface area contributed by atoms with Gasteiger partial charge in [-0.15, -0.1) is 0 Å². The number of rotatable bonds is 10. The van der Waals surface area contributed by atoms with Gasteiger partial charge in [0.05, 0.1) is 37.2 Å². The molecular weight excluding hydrogens is 632 g/mol. The monoisotopic (exact) mass is 663 g/mol. The minimum absolute atomic E-state index is 0.0978. The number of carbonyl (C=O) groups excluding carboxylic acids is 1. The van der Waals surface area contributed by atoms with Gasteiger partial charge >= 0.3 is 0 Å². The Morgan fingerprint density at radius 3 is 2.53 bits per heavy atom. The lowest BCUT2D eigenvalue weighted by Gasteiger charge is -2.26. The van der Waals surface area contributed by atoms with Crippen LogP contribution in [0.25, 0.3) is 56.0 Å². The van der Waals surface area contributed by atoms with Gasteiger partial charge in [0.1, 0.15) is 28.4 Å². The number of fused-ring (bicyclic) bond motifs is 2. The van der Waals surface area contributed by atoms with Gasteiger partial charge in [-0.1, -0.05) is 12.1 Å². The maximum Gasteiger partial charge on any atom is 0.255 e. The summed E-state index contributed by atoms with van der Waals surface area (Å²) in [6, 6.07) is 19.3. The molecule has 3 aromatic heterocycles. The molecule has 10 nitrogen and oxygen atoms in total. The van der Waals surface area contributed by atoms with Crippen molar-refractivity contribution >= 4 is 33.7 Å². The molecule has 0 saturated heterocycles. The fraction of sp³-hybridized carbons (Fsp3) is 0.162. The summed E-state index contributed by atoms with van der Waals surface area (Å²) >= 11 is 0. The van der Waals surface area contributed by atoms with Crippen LogP contribution in [-0.4, -0.2) is 59.4 Å². The van der Waals surface area contributed by atoms with Gasteiger partial charge in [-0.25, -0.2) is 18.7 Å². The van der Waals surface area contributed by atoms with Gasteiger partial charge in [-0.3, -0.25) is 4.79 Å². The first-order valence-corrected chi connectivity index (χ1v) is 15.4. The first-order valence-electron chi connectivity index (χ1n) is 15.4. The third-order valence-corrected chi connectivity index (χ3v) is 8.35. The topological polar surface area (TPSA) is 119 Å². The Morgan fingerprint density at radius 2 is 1.82 bits per heavy atom. The van der Waals surface area contributed by atoms with Crippen LogP contribution in [0, 0.1) is 11.6 Å². The summed E-state index contributed by atoms with van der Waals surface area (Å²) < 4.78 is 48.2. The van der Waals surface area contributed by atoms with Crippen LogP contribution in [0.15, 0.2) is 100 Å². The molecule has 0 aliphatic rings. The van der Waals surface area contributed by atoms with Gasteiger partial charge in [-0.2, -0.15) is 0 Å². The number of carbonyl (C=O) groups is 1. The number of oxazole rings is 1. The number of hydrogen-bond acceptors (Lipinski definition) is 8. The highest BCUT2D eigenvalue weighted by Gasteiger charge is 2.26. The number of nitrogens with zero attached hydrogens (tertiary/aromatic N) is 4. The van der Waals surface area contributed by atoms with Crippen LogP contribution in [-0.2, 0) is 6.54 Å². The summed E-state index contributed by atoms with van der Waals surface area (Å²) in [4.78, 5) is 23.8. The van der Waals surface area contributed by atoms with Crippen LogP contribution in [0.1, 0.15) is 10.4 Å². The number of hydrogen-bond donors (Lipinski definition) is 2. The molecule has 3 heterocycles. The molecule has 1 atom stereocenters. The molecule has 12 heteroatoms. The number of methoxy groups -OCH3 is 1. The van der Waals surface area contributed by atoms with E-state index in [9.17, 15) is 18.7 Å². The predicted molar refractivity (Wildman–Crippen MR) is 181 cm³/mol. The van der Waals surface area contributed by atoms with Gasteiger partial charge in [0.2, 0.25) is 5.89 Å². The number of ether oxygens (including phenoxy) is 1. The highest BCUT2D eigenvalue weighted by atomic mass is 19.1. The van der Waals surface area contributed by atoms with E-state index in [0.29, 0.717) is 51.2 Å². The van der Waals surface area contributed by atoms with Gasteiger partial charge in [0, 0.05) is 61.3 Å². The van der Waals surface area contributed by atoms with Crippen LogP contribution < -0.4 is 15.0 Å². The summed E-state index contributed by atoms with van der Waals surface area (Å²) in [5, 5.41) is 14.3. The van der Waals surface area contributed by atoms with Crippen molar-refractivity contribution in [2.45, 2.75) is 12.6 Å². The van der Waals surface area contributed by atoms with Crippen LogP contribution in [0.5, 0.6) is 5.75 Å². The lowest BCUT2D eigenvalue weighted by molar-refractivity contribution is 0.0964. The first-order chi connectivity index (χ1) is 23.7. The zero-order chi connectivity index (χ0) is 34.2. The van der Waals surface area contributed by atoms with Crippen molar-refractivity contribution in [3.63, 3.8) is 0 Å². The van der Waals surface area contributed by atoms with Crippen molar-refractivity contribution in [3.8, 4) is 39.7 Å². The van der Waals surface area contributed by atoms with E-state index in [2.05, 4.69) is 15.3 Å². The molecule has 0 spiro atoms. The Morgan fingerprint density at radius 1 is 1.02 bits per heavy atom. The average Bonchev–Trinajstić information content (AvgIpc) is 3.87. The zero-order valence-corrected chi connectivity index (χ0v) is 26.8. The molecule has 1 unspecified atom stereocenters. The standard InChI is InChI=1S/C37H31F2N5O5/c1-40-36(46)33-26-16-25(22-9-12-30(47-3)27(15-22)37-42-34-28(39)5-4-6-31(34)49-37)29(43(2)18-24(45)19-44-14-13-41-20-44)17-32(26)48-35(33)21-7-10-23(38)11-8-21/h4-17,20,24,45H,18-19H2,1-3H3,(H,40,46). The van der Waals surface area contributed by atoms with E-state index in [-0.39, 0.29) is 40.8 Å². The number of anilines is 1. The molecule has 0 aliphatic heterocycles. The number of likely N-dealkylation sites (N-methyl/N-ethyl adjacent to an activating group) is 1. The van der Waals surface area contributed by atoms with E-state index in [1.807, 2.05) is 36.2 Å². The largest absolute Gasteiger partial charge is 0.496 e. The fourth-order valence-corrected chi connectivity index (χ4v) is 6.02. The fourth-order valence-electron chi connectivity index (χ4n) is 6.02. The van der Waals surface area contributed by atoms with Crippen LogP contribution in [0.2, 0.25) is 0 Å². The van der Waals surface area contributed by atoms with Crippen LogP contribution >= 0.6 is 0 Å². The number of furan rings is 1. The summed E-state index contributed by atoms with van der Waals surface area (Å²) in [5.41, 5.74) is 4.15. The summed E-state index contributed by atoms with van der Waals surface area (Å²) in [6.07, 6.45) is 4.29. The quantitative estimate of drug-likeness (QED) is 0.162. The Balaban J connectivity index is 1.42. The average molecular weight is 664 g/mol. The second kappa shape index (κ2) is 12.9. The molecule has 0 bridgehead atoms. The number of aromatic nitrogens is 3. The summed E-state index contributed by atoms with van der Waals surface area (Å²) in [5.74, 6) is -0.411. The third kappa shape index (κ3) is 5.98. The van der Waals surface area contributed by atoms with Gasteiger partial charge in [0.15, 0.2) is 11.4 Å². The maximum atomic E-state index is 14.6. The smallest absolute Gasteiger partial charge is 0.255 e. The summed E-state index contributed by atoms with van der Waals surface area (Å²) in [6.45, 7) is 0.553. The molecule has 0 saturated carbocycles. The minimum Gasteiger partial charge on any atom is -0.496 e. The Labute approximate surface area is 279 Å². The number of para-hydroxylation sites is 1. The maximum absolute atomic E-state index is 14.6. The second-order valence-electron chi connectivity index (χ2n) is 11.6. The lowest BCUT2D eigenvalue weighted by Crippen LogP contribution is -2.32. The molecule has 49 heavy (non-hydrogen) atoms. The molecule has 0 fully saturated rings. The second-order valence-corrected chi connectivity index (χ2v) is 11.6. The Hall–Kier alpha value is -6.01. The number of imidazole rings is 1. The van der Waals surface area contributed by atoms with E-state index in [0.717, 1.165) is 0 Å². The Bertz CT molecular complexity index is 2300. The van der Waals surface area contributed by atoms with E-state index >= 15 is 0 Å². The van der Waals surface area contributed by atoms with E-state index < -0.39 is 17.7 Å². The van der Waals surface area contributed by atoms with Crippen LogP contribution in [0.4, 0.5) is 14.5 Å². The minimum atomic E-state index is -0.767. The highest BCUT2D eigenvalue weighted by molar-refractivity contribution is 6.13. The Kier molecular flexibility index (Phi) is 8.31. The molecule has 0 aliphatic carbocycles. The number of halogens is 2. The number of amides is 1. The molecule has 1 amide bonds. The van der Waals surface area contributed by atoms with Crippen molar-refractivity contribution in [3.05, 3.63) is 109 Å². The molecule has 4 aromatic carbocycles. The number of nitrogens with one attached hydrogen (secondary N) is 1. The number of aliphatic hydroxyl groups is 1. The van der Waals surface area contributed by atoms with Gasteiger partial charge in [-0.05, 0) is 60.2 Å². The lowest BCUT2D eigenvalue weighted by atomic mass is 9.96. The van der Waals surface area contributed by atoms with E-state index in [1.165, 1.54) is 32.4 Å². The number of aliphatic hydroxyl groups excluding tert-OH is 1. The zero-order valence-electron chi connectivity index (χ0n) is 26.8. The van der Waals surface area contributed by atoms with Gasteiger partial charge < -0.3 is 33.5 Å².